The number of H-pyrrole nitrogens is 1. The standard InChI is InChI=1S/C17H10BrF2N3O2S/c18-13-6-15(20)17(7-14(13)19)23-26(24,25)12-5-16(22-9-12)11-3-1-2-10(4-11)8-21/h1-7,9,22-23H. The predicted octanol–water partition coefficient (Wildman–Crippen LogP) is 4.39. The van der Waals surface area contributed by atoms with Gasteiger partial charge in [-0.15, -0.1) is 0 Å². The lowest BCUT2D eigenvalue weighted by Crippen LogP contribution is -2.13. The average molecular weight is 438 g/mol. The number of anilines is 1. The van der Waals surface area contributed by atoms with Crippen LogP contribution in [0.1, 0.15) is 5.56 Å². The van der Waals surface area contributed by atoms with Gasteiger partial charge in [-0.25, -0.2) is 17.2 Å². The fourth-order valence-corrected chi connectivity index (χ4v) is 3.62. The van der Waals surface area contributed by atoms with Crippen molar-refractivity contribution in [2.24, 2.45) is 0 Å². The fraction of sp³-hybridized carbons (Fsp3) is 0. The van der Waals surface area contributed by atoms with Crippen LogP contribution in [0.4, 0.5) is 14.5 Å². The second-order valence-electron chi connectivity index (χ2n) is 5.29. The minimum Gasteiger partial charge on any atom is -0.360 e. The largest absolute Gasteiger partial charge is 0.360 e. The molecule has 26 heavy (non-hydrogen) atoms. The van der Waals surface area contributed by atoms with Gasteiger partial charge in [0.05, 0.1) is 21.8 Å². The van der Waals surface area contributed by atoms with Gasteiger partial charge in [-0.1, -0.05) is 12.1 Å². The van der Waals surface area contributed by atoms with Gasteiger partial charge in [-0.2, -0.15) is 5.26 Å². The van der Waals surface area contributed by atoms with E-state index < -0.39 is 27.3 Å². The maximum Gasteiger partial charge on any atom is 0.263 e. The molecule has 0 aliphatic rings. The Labute approximate surface area is 156 Å². The minimum atomic E-state index is -4.14. The van der Waals surface area contributed by atoms with Gasteiger partial charge in [0.15, 0.2) is 0 Å². The second kappa shape index (κ2) is 6.90. The Morgan fingerprint density at radius 3 is 2.62 bits per heavy atom. The van der Waals surface area contributed by atoms with Crippen LogP contribution < -0.4 is 4.72 Å². The Hall–Kier alpha value is -2.70. The highest BCUT2D eigenvalue weighted by Crippen LogP contribution is 2.27. The second-order valence-corrected chi connectivity index (χ2v) is 7.83. The van der Waals surface area contributed by atoms with E-state index in [1.54, 1.807) is 24.3 Å². The third-order valence-electron chi connectivity index (χ3n) is 3.52. The summed E-state index contributed by atoms with van der Waals surface area (Å²) in [7, 11) is -4.14. The summed E-state index contributed by atoms with van der Waals surface area (Å²) in [5.41, 5.74) is 1.00. The van der Waals surface area contributed by atoms with E-state index in [9.17, 15) is 17.2 Å². The SMILES string of the molecule is N#Cc1cccc(-c2cc(S(=O)(=O)Nc3cc(F)c(Br)cc3F)c[nH]2)c1. The summed E-state index contributed by atoms with van der Waals surface area (Å²) in [4.78, 5) is 2.64. The number of aromatic nitrogens is 1. The Kier molecular flexibility index (Phi) is 4.80. The normalized spacial score (nSPS) is 11.2. The zero-order valence-electron chi connectivity index (χ0n) is 12.9. The molecule has 0 bridgehead atoms. The molecule has 0 fully saturated rings. The molecule has 3 rings (SSSR count). The van der Waals surface area contributed by atoms with Crippen LogP contribution in [-0.2, 0) is 10.0 Å². The van der Waals surface area contributed by atoms with E-state index >= 15 is 0 Å². The van der Waals surface area contributed by atoms with Gasteiger partial charge in [0.25, 0.3) is 10.0 Å². The number of sulfonamides is 1. The van der Waals surface area contributed by atoms with Gasteiger partial charge < -0.3 is 4.98 Å². The molecule has 2 N–H and O–H groups in total. The Morgan fingerprint density at radius 2 is 1.88 bits per heavy atom. The lowest BCUT2D eigenvalue weighted by Gasteiger charge is -2.08. The molecule has 132 valence electrons. The molecular weight excluding hydrogens is 428 g/mol. The number of hydrogen-bond acceptors (Lipinski definition) is 3. The van der Waals surface area contributed by atoms with Crippen molar-refractivity contribution in [2.45, 2.75) is 4.90 Å². The van der Waals surface area contributed by atoms with Crippen molar-refractivity contribution < 1.29 is 17.2 Å². The summed E-state index contributed by atoms with van der Waals surface area (Å²) in [6, 6.07) is 11.5. The van der Waals surface area contributed by atoms with Gasteiger partial charge >= 0.3 is 0 Å². The van der Waals surface area contributed by atoms with Crippen molar-refractivity contribution in [3.8, 4) is 17.3 Å². The quantitative estimate of drug-likeness (QED) is 0.593. The van der Waals surface area contributed by atoms with E-state index in [0.717, 1.165) is 12.1 Å². The van der Waals surface area contributed by atoms with Crippen molar-refractivity contribution in [1.29, 1.82) is 5.26 Å². The summed E-state index contributed by atoms with van der Waals surface area (Å²) < 4.78 is 54.2. The van der Waals surface area contributed by atoms with Crippen LogP contribution >= 0.6 is 15.9 Å². The number of nitriles is 1. The molecule has 0 radical (unpaired) electrons. The predicted molar refractivity (Wildman–Crippen MR) is 95.8 cm³/mol. The first-order valence-electron chi connectivity index (χ1n) is 7.16. The topological polar surface area (TPSA) is 85.8 Å². The first-order valence-corrected chi connectivity index (χ1v) is 9.44. The van der Waals surface area contributed by atoms with Gasteiger partial charge in [0, 0.05) is 18.0 Å². The van der Waals surface area contributed by atoms with Gasteiger partial charge in [0.2, 0.25) is 0 Å². The zero-order chi connectivity index (χ0) is 18.9. The fourth-order valence-electron chi connectivity index (χ4n) is 2.26. The Bertz CT molecular complexity index is 1140. The van der Waals surface area contributed by atoms with Crippen molar-refractivity contribution in [2.75, 3.05) is 4.72 Å². The molecule has 0 amide bonds. The van der Waals surface area contributed by atoms with Crippen LogP contribution in [0, 0.1) is 23.0 Å². The van der Waals surface area contributed by atoms with Crippen LogP contribution in [-0.4, -0.2) is 13.4 Å². The van der Waals surface area contributed by atoms with E-state index in [4.69, 9.17) is 5.26 Å². The molecule has 0 saturated carbocycles. The summed E-state index contributed by atoms with van der Waals surface area (Å²) in [5.74, 6) is -1.72. The molecule has 1 heterocycles. The monoisotopic (exact) mass is 437 g/mol. The number of nitrogens with one attached hydrogen (secondary N) is 2. The third-order valence-corrected chi connectivity index (χ3v) is 5.48. The average Bonchev–Trinajstić information content (AvgIpc) is 3.11. The highest BCUT2D eigenvalue weighted by atomic mass is 79.9. The number of nitrogens with zero attached hydrogens (tertiary/aromatic N) is 1. The first kappa shape index (κ1) is 18.1. The van der Waals surface area contributed by atoms with Crippen molar-refractivity contribution >= 4 is 31.6 Å². The number of hydrogen-bond donors (Lipinski definition) is 2. The highest BCUT2D eigenvalue weighted by molar-refractivity contribution is 9.10. The third kappa shape index (κ3) is 3.61. The maximum atomic E-state index is 13.9. The van der Waals surface area contributed by atoms with E-state index in [-0.39, 0.29) is 9.37 Å². The van der Waals surface area contributed by atoms with E-state index in [0.29, 0.717) is 16.8 Å². The smallest absolute Gasteiger partial charge is 0.263 e. The van der Waals surface area contributed by atoms with Crippen LogP contribution in [0.2, 0.25) is 0 Å². The summed E-state index contributed by atoms with van der Waals surface area (Å²) in [6.45, 7) is 0. The first-order chi connectivity index (χ1) is 12.3. The Balaban J connectivity index is 1.93. The lowest BCUT2D eigenvalue weighted by molar-refractivity contribution is 0.592. The Morgan fingerprint density at radius 1 is 1.12 bits per heavy atom. The van der Waals surface area contributed by atoms with Crippen molar-refractivity contribution in [1.82, 2.24) is 4.98 Å². The minimum absolute atomic E-state index is 0.112. The molecule has 0 aliphatic heterocycles. The van der Waals surface area contributed by atoms with E-state index in [2.05, 4.69) is 20.9 Å². The molecule has 0 spiro atoms. The zero-order valence-corrected chi connectivity index (χ0v) is 15.3. The number of halogens is 3. The van der Waals surface area contributed by atoms with Crippen molar-refractivity contribution in [3.63, 3.8) is 0 Å². The lowest BCUT2D eigenvalue weighted by atomic mass is 10.1. The van der Waals surface area contributed by atoms with Crippen LogP contribution in [0.15, 0.2) is 58.0 Å². The van der Waals surface area contributed by atoms with Crippen LogP contribution in [0.3, 0.4) is 0 Å². The van der Waals surface area contributed by atoms with Crippen LogP contribution in [0.5, 0.6) is 0 Å². The molecule has 3 aromatic rings. The van der Waals surface area contributed by atoms with Crippen molar-refractivity contribution in [3.05, 3.63) is 70.3 Å². The van der Waals surface area contributed by atoms with Crippen LogP contribution in [0.25, 0.3) is 11.3 Å². The van der Waals surface area contributed by atoms with Gasteiger partial charge in [-0.3, -0.25) is 4.72 Å². The highest BCUT2D eigenvalue weighted by Gasteiger charge is 2.20. The molecule has 0 aliphatic carbocycles. The molecule has 2 aromatic carbocycles. The molecule has 0 atom stereocenters. The molecule has 0 unspecified atom stereocenters. The summed E-state index contributed by atoms with van der Waals surface area (Å²) in [5, 5.41) is 8.94. The number of benzene rings is 2. The van der Waals surface area contributed by atoms with E-state index in [1.807, 2.05) is 10.8 Å². The number of aromatic amines is 1. The number of rotatable bonds is 4. The summed E-state index contributed by atoms with van der Waals surface area (Å²) >= 11 is 2.83. The van der Waals surface area contributed by atoms with Gasteiger partial charge in [0.1, 0.15) is 16.5 Å². The maximum absolute atomic E-state index is 13.9. The molecular formula is C17H10BrF2N3O2S. The molecule has 5 nitrogen and oxygen atoms in total. The molecule has 9 heteroatoms. The summed E-state index contributed by atoms with van der Waals surface area (Å²) in [6.07, 6.45) is 1.23. The van der Waals surface area contributed by atoms with E-state index in [1.165, 1.54) is 12.3 Å². The molecule has 0 saturated heterocycles. The molecule has 1 aromatic heterocycles. The van der Waals surface area contributed by atoms with Gasteiger partial charge in [-0.05, 0) is 45.8 Å².